The van der Waals surface area contributed by atoms with Crippen LogP contribution in [0.2, 0.25) is 0 Å². The molecule has 0 spiro atoms. The summed E-state index contributed by atoms with van der Waals surface area (Å²) in [6.07, 6.45) is 1.80. The molecule has 0 aliphatic carbocycles. The summed E-state index contributed by atoms with van der Waals surface area (Å²) in [6.45, 7) is 0.720. The number of amides is 1. The van der Waals surface area contributed by atoms with E-state index in [0.717, 1.165) is 25.2 Å². The van der Waals surface area contributed by atoms with Gasteiger partial charge in [0, 0.05) is 24.2 Å². The van der Waals surface area contributed by atoms with Gasteiger partial charge in [-0.05, 0) is 36.8 Å². The van der Waals surface area contributed by atoms with Crippen LogP contribution < -0.4 is 10.9 Å². The van der Waals surface area contributed by atoms with Gasteiger partial charge < -0.3 is 5.32 Å². The van der Waals surface area contributed by atoms with Crippen LogP contribution in [0.25, 0.3) is 10.9 Å². The summed E-state index contributed by atoms with van der Waals surface area (Å²) in [5.41, 5.74) is 1.83. The highest BCUT2D eigenvalue weighted by Crippen LogP contribution is 2.19. The van der Waals surface area contributed by atoms with E-state index in [2.05, 4.69) is 10.3 Å². The zero-order chi connectivity index (χ0) is 15.8. The van der Waals surface area contributed by atoms with Crippen LogP contribution in [-0.2, 0) is 13.0 Å². The van der Waals surface area contributed by atoms with Gasteiger partial charge in [-0.1, -0.05) is 18.2 Å². The molecule has 2 heterocycles. The quantitative estimate of drug-likeness (QED) is 0.791. The zero-order valence-electron chi connectivity index (χ0n) is 12.5. The number of rotatable bonds is 2. The minimum atomic E-state index is -0.195. The molecule has 1 aliphatic rings. The lowest BCUT2D eigenvalue weighted by Crippen LogP contribution is -2.21. The maximum absolute atomic E-state index is 12.5. The largest absolute Gasteiger partial charge is 0.322 e. The molecule has 3 aromatic rings. The Hall–Kier alpha value is -2.95. The van der Waals surface area contributed by atoms with Crippen molar-refractivity contribution in [2.24, 2.45) is 0 Å². The second-order valence-corrected chi connectivity index (χ2v) is 5.64. The lowest BCUT2D eigenvalue weighted by Gasteiger charge is -2.08. The van der Waals surface area contributed by atoms with E-state index in [1.54, 1.807) is 34.9 Å². The zero-order valence-corrected chi connectivity index (χ0v) is 12.5. The molecule has 0 saturated carbocycles. The number of hydrogen-bond donors (Lipinski definition) is 1. The van der Waals surface area contributed by atoms with Crippen LogP contribution in [0.5, 0.6) is 0 Å². The third-order valence-electron chi connectivity index (χ3n) is 4.11. The minimum Gasteiger partial charge on any atom is -0.322 e. The van der Waals surface area contributed by atoms with Crippen molar-refractivity contribution in [3.63, 3.8) is 0 Å². The maximum atomic E-state index is 12.5. The highest BCUT2D eigenvalue weighted by atomic mass is 16.1. The molecule has 0 radical (unpaired) electrons. The summed E-state index contributed by atoms with van der Waals surface area (Å²) >= 11 is 0. The Balaban J connectivity index is 1.72. The lowest BCUT2D eigenvalue weighted by molar-refractivity contribution is 0.102. The van der Waals surface area contributed by atoms with E-state index in [4.69, 9.17) is 0 Å². The van der Waals surface area contributed by atoms with Crippen LogP contribution in [0.1, 0.15) is 22.6 Å². The van der Waals surface area contributed by atoms with E-state index < -0.39 is 0 Å². The summed E-state index contributed by atoms with van der Waals surface area (Å²) in [7, 11) is 0. The first-order valence-corrected chi connectivity index (χ1v) is 7.62. The van der Waals surface area contributed by atoms with Gasteiger partial charge in [-0.2, -0.15) is 0 Å². The number of aryl methyl sites for hydroxylation is 1. The molecule has 0 unspecified atom stereocenters. The second kappa shape index (κ2) is 5.35. The molecule has 0 fully saturated rings. The normalized spacial score (nSPS) is 13.0. The third kappa shape index (κ3) is 2.40. The molecule has 5 nitrogen and oxygen atoms in total. The molecule has 0 saturated heterocycles. The fraction of sp³-hybridized carbons (Fsp3) is 0.167. The summed E-state index contributed by atoms with van der Waals surface area (Å²) in [4.78, 5) is 29.3. The van der Waals surface area contributed by atoms with Crippen molar-refractivity contribution in [2.75, 3.05) is 5.32 Å². The number of anilines is 1. The molecule has 0 bridgehead atoms. The number of nitrogens with one attached hydrogen (secondary N) is 1. The molecule has 23 heavy (non-hydrogen) atoms. The minimum absolute atomic E-state index is 0.0293. The Kier molecular flexibility index (Phi) is 3.19. The van der Waals surface area contributed by atoms with Crippen LogP contribution in [0.3, 0.4) is 0 Å². The fourth-order valence-corrected chi connectivity index (χ4v) is 2.95. The van der Waals surface area contributed by atoms with Crippen molar-refractivity contribution in [2.45, 2.75) is 19.4 Å². The summed E-state index contributed by atoms with van der Waals surface area (Å²) < 4.78 is 1.73. The van der Waals surface area contributed by atoms with Gasteiger partial charge in [0.25, 0.3) is 11.5 Å². The van der Waals surface area contributed by atoms with Gasteiger partial charge in [-0.15, -0.1) is 0 Å². The highest BCUT2D eigenvalue weighted by molar-refractivity contribution is 6.05. The summed E-state index contributed by atoms with van der Waals surface area (Å²) in [5, 5.41) is 3.37. The Morgan fingerprint density at radius 2 is 1.96 bits per heavy atom. The van der Waals surface area contributed by atoms with Crippen molar-refractivity contribution in [1.29, 1.82) is 0 Å². The van der Waals surface area contributed by atoms with E-state index in [1.807, 2.05) is 18.2 Å². The number of aromatic nitrogens is 2. The van der Waals surface area contributed by atoms with Crippen LogP contribution in [0.4, 0.5) is 5.69 Å². The van der Waals surface area contributed by atoms with Crippen LogP contribution in [0.15, 0.2) is 53.3 Å². The number of nitrogens with zero attached hydrogens (tertiary/aromatic N) is 2. The van der Waals surface area contributed by atoms with Crippen LogP contribution in [-0.4, -0.2) is 15.5 Å². The number of carbonyl (C=O) groups is 1. The van der Waals surface area contributed by atoms with Gasteiger partial charge in [0.05, 0.1) is 10.9 Å². The van der Waals surface area contributed by atoms with Crippen molar-refractivity contribution >= 4 is 22.5 Å². The van der Waals surface area contributed by atoms with Crippen molar-refractivity contribution in [3.8, 4) is 0 Å². The summed E-state index contributed by atoms with van der Waals surface area (Å²) in [5.74, 6) is 0.655. The smallest absolute Gasteiger partial charge is 0.261 e. The van der Waals surface area contributed by atoms with E-state index in [0.29, 0.717) is 22.2 Å². The highest BCUT2D eigenvalue weighted by Gasteiger charge is 2.16. The Bertz CT molecular complexity index is 961. The fourth-order valence-electron chi connectivity index (χ4n) is 2.95. The molecular weight excluding hydrogens is 290 g/mol. The molecule has 1 N–H and O–H groups in total. The number of benzene rings is 2. The molecule has 0 atom stereocenters. The molecule has 114 valence electrons. The predicted molar refractivity (Wildman–Crippen MR) is 88.7 cm³/mol. The standard InChI is InChI=1S/C18H15N3O2/c22-17(12-5-2-1-3-6-12)19-13-8-9-15-14(11-13)18(23)21-10-4-7-16(21)20-15/h1-3,5-6,8-9,11H,4,7,10H2,(H,19,22). The monoisotopic (exact) mass is 305 g/mol. The molecule has 1 aliphatic heterocycles. The number of hydrogen-bond acceptors (Lipinski definition) is 3. The van der Waals surface area contributed by atoms with Gasteiger partial charge in [0.1, 0.15) is 5.82 Å². The molecule has 2 aromatic carbocycles. The van der Waals surface area contributed by atoms with Gasteiger partial charge in [0.2, 0.25) is 0 Å². The summed E-state index contributed by atoms with van der Waals surface area (Å²) in [6, 6.07) is 14.3. The molecule has 1 amide bonds. The van der Waals surface area contributed by atoms with Crippen LogP contribution >= 0.6 is 0 Å². The van der Waals surface area contributed by atoms with Crippen molar-refractivity contribution in [1.82, 2.24) is 9.55 Å². The first-order chi connectivity index (χ1) is 11.2. The van der Waals surface area contributed by atoms with Crippen molar-refractivity contribution in [3.05, 3.63) is 70.3 Å². The second-order valence-electron chi connectivity index (χ2n) is 5.64. The average molecular weight is 305 g/mol. The van der Waals surface area contributed by atoms with E-state index in [1.165, 1.54) is 0 Å². The van der Waals surface area contributed by atoms with Gasteiger partial charge in [0.15, 0.2) is 0 Å². The Morgan fingerprint density at radius 3 is 2.78 bits per heavy atom. The Morgan fingerprint density at radius 1 is 1.13 bits per heavy atom. The SMILES string of the molecule is O=C(Nc1ccc2nc3n(c(=O)c2c1)CCC3)c1ccccc1. The molecular formula is C18H15N3O2. The first-order valence-electron chi connectivity index (χ1n) is 7.62. The predicted octanol–water partition coefficient (Wildman–Crippen LogP) is 2.60. The maximum Gasteiger partial charge on any atom is 0.261 e. The Labute approximate surface area is 132 Å². The molecule has 1 aromatic heterocycles. The molecule has 5 heteroatoms. The third-order valence-corrected chi connectivity index (χ3v) is 4.11. The molecule has 4 rings (SSSR count). The van der Waals surface area contributed by atoms with Gasteiger partial charge in [-0.3, -0.25) is 14.2 Å². The van der Waals surface area contributed by atoms with Crippen molar-refractivity contribution < 1.29 is 4.79 Å². The first kappa shape index (κ1) is 13.7. The number of fused-ring (bicyclic) bond motifs is 2. The lowest BCUT2D eigenvalue weighted by atomic mass is 10.2. The number of carbonyl (C=O) groups excluding carboxylic acids is 1. The van der Waals surface area contributed by atoms with Crippen LogP contribution in [0, 0.1) is 0 Å². The van der Waals surface area contributed by atoms with Gasteiger partial charge >= 0.3 is 0 Å². The van der Waals surface area contributed by atoms with E-state index in [9.17, 15) is 9.59 Å². The van der Waals surface area contributed by atoms with E-state index in [-0.39, 0.29) is 11.5 Å². The topological polar surface area (TPSA) is 64.0 Å². The average Bonchev–Trinajstić information content (AvgIpc) is 3.05. The van der Waals surface area contributed by atoms with Gasteiger partial charge in [-0.25, -0.2) is 4.98 Å². The van der Waals surface area contributed by atoms with E-state index >= 15 is 0 Å².